The minimum Gasteiger partial charge on any atom is -0.351 e. The van der Waals surface area contributed by atoms with Gasteiger partial charge in [0, 0.05) is 19.2 Å². The molecule has 2 heterocycles. The molecule has 1 aliphatic carbocycles. The highest BCUT2D eigenvalue weighted by atomic mass is 16.5. The number of aromatic nitrogens is 1. The number of amides is 1. The number of carbonyl (C=O) groups excluding carboxylic acids is 1. The van der Waals surface area contributed by atoms with Gasteiger partial charge in [-0.2, -0.15) is 0 Å². The second-order valence-corrected chi connectivity index (χ2v) is 7.00. The average Bonchev–Trinajstić information content (AvgIpc) is 3.03. The fourth-order valence-corrected chi connectivity index (χ4v) is 3.54. The van der Waals surface area contributed by atoms with Gasteiger partial charge in [0.1, 0.15) is 0 Å². The molecular weight excluding hydrogens is 264 g/mol. The highest BCUT2D eigenvalue weighted by Gasteiger charge is 2.37. The van der Waals surface area contributed by atoms with E-state index in [1.165, 1.54) is 5.57 Å². The molecule has 1 fully saturated rings. The molecule has 4 heteroatoms. The first-order valence-corrected chi connectivity index (χ1v) is 7.93. The first kappa shape index (κ1) is 14.4. The summed E-state index contributed by atoms with van der Waals surface area (Å²) >= 11 is 0. The minimum absolute atomic E-state index is 0.00422. The molecule has 2 atom stereocenters. The maximum atomic E-state index is 12.5. The highest BCUT2D eigenvalue weighted by Crippen LogP contribution is 2.36. The normalized spacial score (nSPS) is 25.1. The molecule has 0 spiro atoms. The first-order chi connectivity index (χ1) is 10.0. The lowest BCUT2D eigenvalue weighted by Gasteiger charge is -2.21. The molecule has 0 unspecified atom stereocenters. The summed E-state index contributed by atoms with van der Waals surface area (Å²) in [5, 5.41) is 4.02. The Morgan fingerprint density at radius 1 is 1.43 bits per heavy atom. The maximum absolute atomic E-state index is 12.5. The monoisotopic (exact) mass is 288 g/mol. The molecule has 114 valence electrons. The van der Waals surface area contributed by atoms with Gasteiger partial charge in [-0.15, -0.1) is 0 Å². The third-order valence-electron chi connectivity index (χ3n) is 4.60. The van der Waals surface area contributed by atoms with Gasteiger partial charge in [-0.25, -0.2) is 0 Å². The van der Waals surface area contributed by atoms with E-state index in [0.29, 0.717) is 23.5 Å². The van der Waals surface area contributed by atoms with Crippen molar-refractivity contribution in [3.8, 4) is 0 Å². The van der Waals surface area contributed by atoms with Gasteiger partial charge in [-0.1, -0.05) is 30.7 Å². The molecule has 0 saturated carbocycles. The lowest BCUT2D eigenvalue weighted by Crippen LogP contribution is -2.28. The zero-order valence-corrected chi connectivity index (χ0v) is 13.1. The van der Waals surface area contributed by atoms with E-state index >= 15 is 0 Å². The third kappa shape index (κ3) is 3.04. The molecule has 1 saturated heterocycles. The van der Waals surface area contributed by atoms with Crippen molar-refractivity contribution < 1.29 is 9.32 Å². The molecule has 4 nitrogen and oxygen atoms in total. The van der Waals surface area contributed by atoms with E-state index in [4.69, 9.17) is 4.52 Å². The fourth-order valence-electron chi connectivity index (χ4n) is 3.54. The Labute approximate surface area is 126 Å². The van der Waals surface area contributed by atoms with Gasteiger partial charge in [0.25, 0.3) is 5.91 Å². The van der Waals surface area contributed by atoms with E-state index < -0.39 is 0 Å². The minimum atomic E-state index is 0.00422. The Morgan fingerprint density at radius 2 is 2.19 bits per heavy atom. The van der Waals surface area contributed by atoms with Crippen molar-refractivity contribution in [1.29, 1.82) is 0 Å². The first-order valence-electron chi connectivity index (χ1n) is 7.93. The Morgan fingerprint density at radius 3 is 2.95 bits per heavy atom. The lowest BCUT2D eigenvalue weighted by atomic mass is 9.83. The molecule has 3 rings (SSSR count). The Kier molecular flexibility index (Phi) is 3.87. The molecule has 1 amide bonds. The van der Waals surface area contributed by atoms with Crippen LogP contribution in [0.5, 0.6) is 0 Å². The number of hydrogen-bond acceptors (Lipinski definition) is 3. The number of likely N-dealkylation sites (tertiary alicyclic amines) is 1. The second-order valence-electron chi connectivity index (χ2n) is 7.00. The Hall–Kier alpha value is -1.58. The number of hydrogen-bond donors (Lipinski definition) is 0. The van der Waals surface area contributed by atoms with E-state index in [1.807, 2.05) is 11.0 Å². The number of nitrogens with zero attached hydrogens (tertiary/aromatic N) is 2. The summed E-state index contributed by atoms with van der Waals surface area (Å²) in [6.07, 6.45) is 5.41. The smallest absolute Gasteiger partial charge is 0.292 e. The summed E-state index contributed by atoms with van der Waals surface area (Å²) in [6.45, 7) is 8.17. The third-order valence-corrected chi connectivity index (χ3v) is 4.60. The van der Waals surface area contributed by atoms with Gasteiger partial charge in [0.05, 0.1) is 5.69 Å². The van der Waals surface area contributed by atoms with Gasteiger partial charge in [0.2, 0.25) is 5.76 Å². The summed E-state index contributed by atoms with van der Waals surface area (Å²) in [6, 6.07) is 1.81. The number of fused-ring (bicyclic) bond motifs is 1. The SMILES string of the molecule is CC1=CC[C@@H]2CN(C(=O)c3cc(CC(C)C)no3)C[C@@H]2C1. The molecule has 1 aromatic heterocycles. The van der Waals surface area contributed by atoms with Crippen LogP contribution >= 0.6 is 0 Å². The van der Waals surface area contributed by atoms with Crippen LogP contribution < -0.4 is 0 Å². The highest BCUT2D eigenvalue weighted by molar-refractivity contribution is 5.91. The van der Waals surface area contributed by atoms with Crippen molar-refractivity contribution in [2.45, 2.75) is 40.0 Å². The lowest BCUT2D eigenvalue weighted by molar-refractivity contribution is 0.0742. The molecule has 0 N–H and O–H groups in total. The van der Waals surface area contributed by atoms with Crippen molar-refractivity contribution >= 4 is 5.91 Å². The van der Waals surface area contributed by atoms with Crippen molar-refractivity contribution in [2.24, 2.45) is 17.8 Å². The predicted molar refractivity (Wildman–Crippen MR) is 80.9 cm³/mol. The quantitative estimate of drug-likeness (QED) is 0.802. The molecule has 0 radical (unpaired) electrons. The van der Waals surface area contributed by atoms with Gasteiger partial charge in [-0.3, -0.25) is 4.79 Å². The van der Waals surface area contributed by atoms with Crippen molar-refractivity contribution in [3.05, 3.63) is 29.2 Å². The molecular formula is C17H24N2O2. The van der Waals surface area contributed by atoms with E-state index in [-0.39, 0.29) is 5.91 Å². The standard InChI is InChI=1S/C17H24N2O2/c1-11(2)6-15-8-16(21-18-15)17(20)19-9-13-5-4-12(3)7-14(13)10-19/h4,8,11,13-14H,5-7,9-10H2,1-3H3/t13-,14+/m1/s1. The van der Waals surface area contributed by atoms with Crippen LogP contribution in [-0.4, -0.2) is 29.1 Å². The topological polar surface area (TPSA) is 46.3 Å². The molecule has 1 aromatic rings. The van der Waals surface area contributed by atoms with Crippen LogP contribution in [0.4, 0.5) is 0 Å². The van der Waals surface area contributed by atoms with Crippen LogP contribution in [0.3, 0.4) is 0 Å². The number of carbonyl (C=O) groups is 1. The van der Waals surface area contributed by atoms with Gasteiger partial charge in [-0.05, 0) is 43.9 Å². The average molecular weight is 288 g/mol. The second kappa shape index (κ2) is 5.66. The van der Waals surface area contributed by atoms with E-state index in [2.05, 4.69) is 32.0 Å². The van der Waals surface area contributed by atoms with Crippen LogP contribution in [0.25, 0.3) is 0 Å². The number of rotatable bonds is 3. The Balaban J connectivity index is 1.65. The molecule has 0 aromatic carbocycles. The van der Waals surface area contributed by atoms with Crippen LogP contribution in [0.1, 0.15) is 49.9 Å². The largest absolute Gasteiger partial charge is 0.351 e. The fraction of sp³-hybridized carbons (Fsp3) is 0.647. The van der Waals surface area contributed by atoms with E-state index in [1.54, 1.807) is 0 Å². The summed E-state index contributed by atoms with van der Waals surface area (Å²) < 4.78 is 5.26. The Bertz CT molecular complexity index is 559. The summed E-state index contributed by atoms with van der Waals surface area (Å²) in [5.74, 6) is 2.16. The molecule has 0 bridgehead atoms. The van der Waals surface area contributed by atoms with Crippen LogP contribution in [0, 0.1) is 17.8 Å². The number of allylic oxidation sites excluding steroid dienone is 2. The molecule has 2 aliphatic rings. The van der Waals surface area contributed by atoms with Crippen LogP contribution in [0.15, 0.2) is 22.2 Å². The molecule has 1 aliphatic heterocycles. The summed E-state index contributed by atoms with van der Waals surface area (Å²) in [7, 11) is 0. The van der Waals surface area contributed by atoms with Crippen molar-refractivity contribution in [1.82, 2.24) is 10.1 Å². The summed E-state index contributed by atoms with van der Waals surface area (Å²) in [4.78, 5) is 14.5. The predicted octanol–water partition coefficient (Wildman–Crippen LogP) is 3.30. The van der Waals surface area contributed by atoms with Crippen molar-refractivity contribution in [3.63, 3.8) is 0 Å². The van der Waals surface area contributed by atoms with Crippen LogP contribution in [-0.2, 0) is 6.42 Å². The maximum Gasteiger partial charge on any atom is 0.292 e. The van der Waals surface area contributed by atoms with Crippen molar-refractivity contribution in [2.75, 3.05) is 13.1 Å². The van der Waals surface area contributed by atoms with Crippen LogP contribution in [0.2, 0.25) is 0 Å². The molecule has 21 heavy (non-hydrogen) atoms. The van der Waals surface area contributed by atoms with E-state index in [9.17, 15) is 4.79 Å². The van der Waals surface area contributed by atoms with Gasteiger partial charge < -0.3 is 9.42 Å². The van der Waals surface area contributed by atoms with Gasteiger partial charge >= 0.3 is 0 Å². The van der Waals surface area contributed by atoms with E-state index in [0.717, 1.165) is 38.0 Å². The zero-order chi connectivity index (χ0) is 15.0. The summed E-state index contributed by atoms with van der Waals surface area (Å²) in [5.41, 5.74) is 2.34. The zero-order valence-electron chi connectivity index (χ0n) is 13.1. The van der Waals surface area contributed by atoms with Gasteiger partial charge in [0.15, 0.2) is 0 Å².